The van der Waals surface area contributed by atoms with E-state index in [9.17, 15) is 10.2 Å². The molecule has 2 fully saturated rings. The van der Waals surface area contributed by atoms with Gasteiger partial charge < -0.3 is 19.8 Å². The van der Waals surface area contributed by atoms with E-state index >= 15 is 0 Å². The SMILES string of the molecule is CC#CC[C@@H](C)[C@@H](O)/C=C/[C@@H]1[C@H]2c3cccc(CCCCN4CCCC4)c3O[C@H]2C[C@H]1O. The molecule has 3 aliphatic rings. The maximum Gasteiger partial charge on any atom is 0.126 e. The summed E-state index contributed by atoms with van der Waals surface area (Å²) in [5, 5.41) is 21.2. The standard InChI is InChI=1S/C28H39NO3/c1-3-4-10-20(2)24(30)15-14-22-25(31)19-26-27(22)23-13-9-12-21(28(23)32-26)11-5-6-16-29-17-7-8-18-29/h9,12-15,20,22,24-27,30-31H,5-8,10-11,16-19H2,1-2H3/b15-14+/t20-,22+,24+,25-,26+,27+/m1/s1. The predicted molar refractivity (Wildman–Crippen MR) is 129 cm³/mol. The summed E-state index contributed by atoms with van der Waals surface area (Å²) in [6, 6.07) is 6.52. The lowest BCUT2D eigenvalue weighted by molar-refractivity contribution is 0.134. The fourth-order valence-corrected chi connectivity index (χ4v) is 5.64. The Balaban J connectivity index is 1.40. The van der Waals surface area contributed by atoms with Crippen molar-refractivity contribution >= 4 is 0 Å². The first-order valence-corrected chi connectivity index (χ1v) is 12.5. The van der Waals surface area contributed by atoms with Gasteiger partial charge in [0.15, 0.2) is 0 Å². The molecule has 2 heterocycles. The Labute approximate surface area is 193 Å². The number of hydrogen-bond acceptors (Lipinski definition) is 4. The Morgan fingerprint density at radius 1 is 1.25 bits per heavy atom. The molecule has 0 amide bonds. The molecule has 4 nitrogen and oxygen atoms in total. The van der Waals surface area contributed by atoms with Crippen molar-refractivity contribution in [2.75, 3.05) is 19.6 Å². The van der Waals surface area contributed by atoms with E-state index in [2.05, 4.69) is 34.9 Å². The highest BCUT2D eigenvalue weighted by molar-refractivity contribution is 5.49. The van der Waals surface area contributed by atoms with Gasteiger partial charge in [-0.25, -0.2) is 0 Å². The molecule has 0 aromatic heterocycles. The van der Waals surface area contributed by atoms with E-state index in [0.29, 0.717) is 12.8 Å². The maximum atomic E-state index is 10.7. The zero-order chi connectivity index (χ0) is 22.5. The van der Waals surface area contributed by atoms with Crippen LogP contribution >= 0.6 is 0 Å². The summed E-state index contributed by atoms with van der Waals surface area (Å²) in [4.78, 5) is 2.58. The molecule has 0 radical (unpaired) electrons. The first-order chi connectivity index (χ1) is 15.6. The van der Waals surface area contributed by atoms with Crippen LogP contribution in [0.4, 0.5) is 0 Å². The average Bonchev–Trinajstić information content (AvgIpc) is 3.50. The summed E-state index contributed by atoms with van der Waals surface area (Å²) in [6.07, 6.45) is 10.4. The number of fused-ring (bicyclic) bond motifs is 3. The molecule has 2 N–H and O–H groups in total. The molecular weight excluding hydrogens is 398 g/mol. The average molecular weight is 438 g/mol. The number of aryl methyl sites for hydroxylation is 1. The summed E-state index contributed by atoms with van der Waals surface area (Å²) in [7, 11) is 0. The van der Waals surface area contributed by atoms with Crippen molar-refractivity contribution in [3.05, 3.63) is 41.5 Å². The van der Waals surface area contributed by atoms with Crippen LogP contribution in [0.5, 0.6) is 5.75 Å². The molecule has 6 atom stereocenters. The van der Waals surface area contributed by atoms with Crippen LogP contribution in [0.3, 0.4) is 0 Å². The van der Waals surface area contributed by atoms with Crippen molar-refractivity contribution in [2.24, 2.45) is 11.8 Å². The van der Waals surface area contributed by atoms with Crippen LogP contribution in [0.1, 0.15) is 69.4 Å². The Morgan fingerprint density at radius 2 is 2.06 bits per heavy atom. The monoisotopic (exact) mass is 437 g/mol. The number of likely N-dealkylation sites (tertiary alicyclic amines) is 1. The Kier molecular flexibility index (Phi) is 7.94. The zero-order valence-corrected chi connectivity index (χ0v) is 19.7. The van der Waals surface area contributed by atoms with E-state index in [0.717, 1.165) is 12.2 Å². The molecule has 0 spiro atoms. The fraction of sp³-hybridized carbons (Fsp3) is 0.643. The molecule has 1 aliphatic carbocycles. The highest BCUT2D eigenvalue weighted by Gasteiger charge is 2.48. The van der Waals surface area contributed by atoms with E-state index in [4.69, 9.17) is 4.74 Å². The number of aliphatic hydroxyl groups excluding tert-OH is 2. The van der Waals surface area contributed by atoms with Crippen molar-refractivity contribution in [1.82, 2.24) is 4.90 Å². The van der Waals surface area contributed by atoms with Crippen LogP contribution in [-0.2, 0) is 6.42 Å². The number of aliphatic hydroxyl groups is 2. The Bertz CT molecular complexity index is 848. The topological polar surface area (TPSA) is 52.9 Å². The second kappa shape index (κ2) is 10.9. The molecule has 32 heavy (non-hydrogen) atoms. The normalized spacial score (nSPS) is 28.8. The van der Waals surface area contributed by atoms with E-state index in [1.54, 1.807) is 0 Å². The van der Waals surface area contributed by atoms with Gasteiger partial charge in [-0.05, 0) is 70.1 Å². The van der Waals surface area contributed by atoms with Crippen LogP contribution < -0.4 is 4.74 Å². The summed E-state index contributed by atoms with van der Waals surface area (Å²) in [5.74, 6) is 7.21. The van der Waals surface area contributed by atoms with Gasteiger partial charge in [0.2, 0.25) is 0 Å². The van der Waals surface area contributed by atoms with Crippen LogP contribution in [0.15, 0.2) is 30.4 Å². The Morgan fingerprint density at radius 3 is 2.84 bits per heavy atom. The minimum Gasteiger partial charge on any atom is -0.489 e. The largest absolute Gasteiger partial charge is 0.489 e. The third kappa shape index (κ3) is 5.22. The van der Waals surface area contributed by atoms with E-state index in [-0.39, 0.29) is 23.9 Å². The molecule has 4 heteroatoms. The quantitative estimate of drug-likeness (QED) is 0.344. The lowest BCUT2D eigenvalue weighted by atomic mass is 9.86. The number of ether oxygens (including phenoxy) is 1. The lowest BCUT2D eigenvalue weighted by Gasteiger charge is -2.19. The van der Waals surface area contributed by atoms with Crippen molar-refractivity contribution < 1.29 is 14.9 Å². The molecule has 1 saturated heterocycles. The maximum absolute atomic E-state index is 10.7. The molecular formula is C28H39NO3. The summed E-state index contributed by atoms with van der Waals surface area (Å²) in [5.41, 5.74) is 2.54. The highest BCUT2D eigenvalue weighted by atomic mass is 16.5. The summed E-state index contributed by atoms with van der Waals surface area (Å²) >= 11 is 0. The number of rotatable bonds is 9. The van der Waals surface area contributed by atoms with Crippen molar-refractivity contribution in [2.45, 2.75) is 83.0 Å². The molecule has 0 bridgehead atoms. The molecule has 174 valence electrons. The fourth-order valence-electron chi connectivity index (χ4n) is 5.64. The smallest absolute Gasteiger partial charge is 0.126 e. The van der Waals surface area contributed by atoms with Gasteiger partial charge in [-0.1, -0.05) is 37.3 Å². The van der Waals surface area contributed by atoms with Gasteiger partial charge in [0.1, 0.15) is 11.9 Å². The highest BCUT2D eigenvalue weighted by Crippen LogP contribution is 2.52. The first-order valence-electron chi connectivity index (χ1n) is 12.5. The zero-order valence-electron chi connectivity index (χ0n) is 19.7. The second-order valence-electron chi connectivity index (χ2n) is 9.89. The number of para-hydroxylation sites is 1. The molecule has 1 aromatic carbocycles. The third-order valence-electron chi connectivity index (χ3n) is 7.57. The van der Waals surface area contributed by atoms with Gasteiger partial charge in [-0.2, -0.15) is 0 Å². The van der Waals surface area contributed by atoms with Gasteiger partial charge >= 0.3 is 0 Å². The number of nitrogens with zero attached hydrogens (tertiary/aromatic N) is 1. The van der Waals surface area contributed by atoms with Gasteiger partial charge in [-0.3, -0.25) is 0 Å². The number of hydrogen-bond donors (Lipinski definition) is 2. The molecule has 2 aliphatic heterocycles. The van der Waals surface area contributed by atoms with Crippen molar-refractivity contribution in [3.63, 3.8) is 0 Å². The van der Waals surface area contributed by atoms with Crippen molar-refractivity contribution in [3.8, 4) is 17.6 Å². The third-order valence-corrected chi connectivity index (χ3v) is 7.57. The predicted octanol–water partition coefficient (Wildman–Crippen LogP) is 4.30. The number of unbranched alkanes of at least 4 members (excludes halogenated alkanes) is 1. The van der Waals surface area contributed by atoms with Crippen LogP contribution in [0.2, 0.25) is 0 Å². The van der Waals surface area contributed by atoms with E-state index < -0.39 is 12.2 Å². The Hall–Kier alpha value is -1.80. The first kappa shape index (κ1) is 23.4. The summed E-state index contributed by atoms with van der Waals surface area (Å²) < 4.78 is 6.42. The van der Waals surface area contributed by atoms with Crippen LogP contribution in [-0.4, -0.2) is 53.1 Å². The molecule has 1 saturated carbocycles. The molecule has 4 rings (SSSR count). The van der Waals surface area contributed by atoms with E-state index in [1.165, 1.54) is 56.4 Å². The van der Waals surface area contributed by atoms with Gasteiger partial charge in [0, 0.05) is 30.2 Å². The minimum absolute atomic E-state index is 0.0224. The second-order valence-corrected chi connectivity index (χ2v) is 9.89. The summed E-state index contributed by atoms with van der Waals surface area (Å²) in [6.45, 7) is 7.58. The van der Waals surface area contributed by atoms with Gasteiger partial charge in [0.25, 0.3) is 0 Å². The minimum atomic E-state index is -0.550. The lowest BCUT2D eigenvalue weighted by Crippen LogP contribution is -2.20. The van der Waals surface area contributed by atoms with Gasteiger partial charge in [0.05, 0.1) is 12.2 Å². The van der Waals surface area contributed by atoms with Crippen molar-refractivity contribution in [1.29, 1.82) is 0 Å². The molecule has 0 unspecified atom stereocenters. The van der Waals surface area contributed by atoms with Crippen LogP contribution in [0, 0.1) is 23.7 Å². The molecule has 1 aromatic rings. The van der Waals surface area contributed by atoms with E-state index in [1.807, 2.05) is 26.0 Å². The van der Waals surface area contributed by atoms with Crippen LogP contribution in [0.25, 0.3) is 0 Å². The number of benzene rings is 1. The van der Waals surface area contributed by atoms with Gasteiger partial charge in [-0.15, -0.1) is 11.8 Å².